The lowest BCUT2D eigenvalue weighted by Gasteiger charge is -2.43. The Morgan fingerprint density at radius 2 is 1.08 bits per heavy atom. The number of hydrogen-bond donors (Lipinski definition) is 0. The molecule has 0 bridgehead atoms. The Hall–Kier alpha value is -6.00. The van der Waals surface area contributed by atoms with Crippen LogP contribution in [0.15, 0.2) is 133 Å². The molecule has 0 spiro atoms. The number of benzene rings is 7. The highest BCUT2D eigenvalue weighted by molar-refractivity contribution is 6.99. The Bertz CT molecular complexity index is 2930. The van der Waals surface area contributed by atoms with Crippen LogP contribution in [0.3, 0.4) is 0 Å². The zero-order valence-corrected chi connectivity index (χ0v) is 39.6. The molecule has 63 heavy (non-hydrogen) atoms. The average Bonchev–Trinajstić information content (AvgIpc) is 3.47. The minimum absolute atomic E-state index is 0.00596. The summed E-state index contributed by atoms with van der Waals surface area (Å²) >= 11 is 0. The van der Waals surface area contributed by atoms with E-state index in [0.29, 0.717) is 0 Å². The molecule has 2 aliphatic heterocycles. The summed E-state index contributed by atoms with van der Waals surface area (Å²) in [6.45, 7) is 30.0. The summed E-state index contributed by atoms with van der Waals surface area (Å²) < 4.78 is 7.21. The molecular formula is C59H61BN2O. The number of fused-ring (bicyclic) bond motifs is 7. The predicted octanol–water partition coefficient (Wildman–Crippen LogP) is 14.4. The van der Waals surface area contributed by atoms with Crippen molar-refractivity contribution in [2.45, 2.75) is 112 Å². The van der Waals surface area contributed by atoms with Crippen LogP contribution in [0.5, 0.6) is 11.5 Å². The van der Waals surface area contributed by atoms with Gasteiger partial charge >= 0.3 is 0 Å². The van der Waals surface area contributed by atoms with E-state index in [1.165, 1.54) is 89.2 Å². The van der Waals surface area contributed by atoms with Crippen LogP contribution < -0.4 is 30.9 Å². The van der Waals surface area contributed by atoms with Crippen molar-refractivity contribution in [3.05, 3.63) is 172 Å². The fourth-order valence-corrected chi connectivity index (χ4v) is 10.4. The van der Waals surface area contributed by atoms with Crippen LogP contribution in [-0.4, -0.2) is 6.71 Å². The summed E-state index contributed by atoms with van der Waals surface area (Å²) in [5.41, 5.74) is 22.0. The first-order chi connectivity index (χ1) is 29.7. The standard InChI is InChI=1S/C59H61BN2O/c1-36-18-24-41(25-19-36)61(42-26-20-37(2)21-27-42)48-30-31-49(54-53(48)43-16-14-15-17-44(43)59(54,12)13)62-47-29-23-38(56(3,4)5)32-46(47)60-45-28-22-39(57(6,7)8)34-51(45)63-52-35-40(58(9,10)11)33-50(62)55(52)60/h14-35H,1-13H3. The quantitative estimate of drug-likeness (QED) is 0.164. The zero-order chi connectivity index (χ0) is 44.5. The van der Waals surface area contributed by atoms with Gasteiger partial charge in [-0.05, 0) is 141 Å². The summed E-state index contributed by atoms with van der Waals surface area (Å²) in [6.07, 6.45) is 0. The second-order valence-corrected chi connectivity index (χ2v) is 22.1. The lowest BCUT2D eigenvalue weighted by Crippen LogP contribution is -2.60. The van der Waals surface area contributed by atoms with E-state index in [1.54, 1.807) is 0 Å². The van der Waals surface area contributed by atoms with Gasteiger partial charge in [-0.1, -0.05) is 160 Å². The monoisotopic (exact) mass is 824 g/mol. The van der Waals surface area contributed by atoms with Crippen molar-refractivity contribution in [3.63, 3.8) is 0 Å². The fourth-order valence-electron chi connectivity index (χ4n) is 10.4. The van der Waals surface area contributed by atoms with Crippen molar-refractivity contribution in [2.75, 3.05) is 9.80 Å². The predicted molar refractivity (Wildman–Crippen MR) is 270 cm³/mol. The topological polar surface area (TPSA) is 15.7 Å². The highest BCUT2D eigenvalue weighted by atomic mass is 16.5. The van der Waals surface area contributed by atoms with Crippen molar-refractivity contribution < 1.29 is 4.74 Å². The Morgan fingerprint density at radius 1 is 0.524 bits per heavy atom. The van der Waals surface area contributed by atoms with Gasteiger partial charge in [0.15, 0.2) is 0 Å². The molecule has 0 fully saturated rings. The van der Waals surface area contributed by atoms with Crippen molar-refractivity contribution in [2.24, 2.45) is 0 Å². The van der Waals surface area contributed by atoms with Gasteiger partial charge in [0.25, 0.3) is 6.71 Å². The molecule has 0 N–H and O–H groups in total. The van der Waals surface area contributed by atoms with Crippen LogP contribution in [-0.2, 0) is 21.7 Å². The van der Waals surface area contributed by atoms with E-state index >= 15 is 0 Å². The smallest absolute Gasteiger partial charge is 0.256 e. The Labute approximate surface area is 376 Å². The minimum atomic E-state index is -0.319. The van der Waals surface area contributed by atoms with Crippen LogP contribution in [0.25, 0.3) is 11.1 Å². The summed E-state index contributed by atoms with van der Waals surface area (Å²) in [7, 11) is 0. The summed E-state index contributed by atoms with van der Waals surface area (Å²) in [6, 6.07) is 51.0. The molecule has 0 unspecified atom stereocenters. The van der Waals surface area contributed by atoms with E-state index in [9.17, 15) is 0 Å². The van der Waals surface area contributed by atoms with E-state index in [4.69, 9.17) is 4.74 Å². The van der Waals surface area contributed by atoms with Crippen LogP contribution in [0.4, 0.5) is 34.1 Å². The molecule has 4 heteroatoms. The number of nitrogens with zero attached hydrogens (tertiary/aromatic N) is 2. The SMILES string of the molecule is Cc1ccc(N(c2ccc(C)cc2)c2ccc(N3c4ccc(C(C)(C)C)cc4B4c5ccc(C(C)(C)C)cc5Oc5cc(C(C)(C)C)cc3c54)c3c2-c2ccccc2C3(C)C)cc1. The van der Waals surface area contributed by atoms with Crippen LogP contribution in [0.1, 0.15) is 115 Å². The molecule has 0 saturated heterocycles. The average molecular weight is 825 g/mol. The highest BCUT2D eigenvalue weighted by Crippen LogP contribution is 2.59. The minimum Gasteiger partial charge on any atom is -0.458 e. The number of hydrogen-bond acceptors (Lipinski definition) is 3. The summed E-state index contributed by atoms with van der Waals surface area (Å²) in [4.78, 5) is 5.08. The van der Waals surface area contributed by atoms with Gasteiger partial charge in [-0.3, -0.25) is 0 Å². The third-order valence-electron chi connectivity index (χ3n) is 14.1. The van der Waals surface area contributed by atoms with Gasteiger partial charge in [0, 0.05) is 33.7 Å². The van der Waals surface area contributed by atoms with Gasteiger partial charge in [0.05, 0.1) is 11.4 Å². The van der Waals surface area contributed by atoms with Gasteiger partial charge in [0.2, 0.25) is 0 Å². The number of anilines is 6. The van der Waals surface area contributed by atoms with E-state index in [1.807, 2.05) is 0 Å². The van der Waals surface area contributed by atoms with E-state index in [-0.39, 0.29) is 28.4 Å². The van der Waals surface area contributed by atoms with E-state index < -0.39 is 0 Å². The van der Waals surface area contributed by atoms with Crippen molar-refractivity contribution >= 4 is 57.2 Å². The molecule has 7 aromatic rings. The normalized spacial score (nSPS) is 14.6. The fraction of sp³-hybridized carbons (Fsp3) is 0.288. The third kappa shape index (κ3) is 6.54. The Morgan fingerprint density at radius 3 is 1.70 bits per heavy atom. The molecule has 3 nitrogen and oxygen atoms in total. The second-order valence-electron chi connectivity index (χ2n) is 22.1. The van der Waals surface area contributed by atoms with E-state index in [2.05, 4.69) is 233 Å². The van der Waals surface area contributed by atoms with Gasteiger partial charge in [-0.2, -0.15) is 0 Å². The molecule has 0 aromatic heterocycles. The van der Waals surface area contributed by atoms with Gasteiger partial charge in [0.1, 0.15) is 11.5 Å². The molecule has 3 aliphatic rings. The molecular weight excluding hydrogens is 763 g/mol. The maximum atomic E-state index is 7.21. The third-order valence-corrected chi connectivity index (χ3v) is 14.1. The maximum Gasteiger partial charge on any atom is 0.256 e. The first-order valence-electron chi connectivity index (χ1n) is 22.9. The second kappa shape index (κ2) is 14.0. The van der Waals surface area contributed by atoms with Gasteiger partial charge < -0.3 is 14.5 Å². The maximum absolute atomic E-state index is 7.21. The zero-order valence-electron chi connectivity index (χ0n) is 39.6. The Kier molecular flexibility index (Phi) is 9.12. The van der Waals surface area contributed by atoms with Gasteiger partial charge in [-0.25, -0.2) is 0 Å². The lowest BCUT2D eigenvalue weighted by atomic mass is 9.34. The lowest BCUT2D eigenvalue weighted by molar-refractivity contribution is 0.479. The van der Waals surface area contributed by atoms with Crippen LogP contribution in [0.2, 0.25) is 0 Å². The number of aryl methyl sites for hydroxylation is 2. The molecule has 7 aromatic carbocycles. The summed E-state index contributed by atoms with van der Waals surface area (Å²) in [5, 5.41) is 0. The summed E-state index contributed by atoms with van der Waals surface area (Å²) in [5.74, 6) is 1.92. The largest absolute Gasteiger partial charge is 0.458 e. The van der Waals surface area contributed by atoms with Gasteiger partial charge in [-0.15, -0.1) is 0 Å². The molecule has 0 atom stereocenters. The molecule has 10 rings (SSSR count). The molecule has 316 valence electrons. The van der Waals surface area contributed by atoms with Crippen molar-refractivity contribution in [1.29, 1.82) is 0 Å². The van der Waals surface area contributed by atoms with Crippen molar-refractivity contribution in [3.8, 4) is 22.6 Å². The molecule has 0 saturated carbocycles. The Balaban J connectivity index is 1.30. The number of rotatable bonds is 4. The number of ether oxygens (including phenoxy) is 1. The highest BCUT2D eigenvalue weighted by Gasteiger charge is 2.47. The molecule has 0 radical (unpaired) electrons. The molecule has 2 heterocycles. The first-order valence-corrected chi connectivity index (χ1v) is 22.9. The van der Waals surface area contributed by atoms with Crippen LogP contribution >= 0.6 is 0 Å². The van der Waals surface area contributed by atoms with E-state index in [0.717, 1.165) is 22.9 Å². The van der Waals surface area contributed by atoms with Crippen molar-refractivity contribution in [1.82, 2.24) is 0 Å². The first kappa shape index (κ1) is 41.0. The molecule has 1 aliphatic carbocycles. The van der Waals surface area contributed by atoms with Crippen LogP contribution in [0, 0.1) is 13.8 Å². The molecule has 0 amide bonds.